The summed E-state index contributed by atoms with van der Waals surface area (Å²) in [6.45, 7) is 5.53. The van der Waals surface area contributed by atoms with Gasteiger partial charge >= 0.3 is 6.09 Å². The zero-order valence-electron chi connectivity index (χ0n) is 31.8. The van der Waals surface area contributed by atoms with Crippen molar-refractivity contribution in [2.24, 2.45) is 11.7 Å². The Labute approximate surface area is 322 Å². The maximum absolute atomic E-state index is 13.5. The van der Waals surface area contributed by atoms with Crippen LogP contribution in [0.15, 0.2) is 77.6 Å². The van der Waals surface area contributed by atoms with Crippen molar-refractivity contribution in [2.45, 2.75) is 95.7 Å². The minimum atomic E-state index is -1.07. The number of ketones is 1. The minimum Gasteiger partial charge on any atom is -0.445 e. The number of aromatic nitrogens is 2. The van der Waals surface area contributed by atoms with Crippen molar-refractivity contribution >= 4 is 29.3 Å². The van der Waals surface area contributed by atoms with Gasteiger partial charge in [0.2, 0.25) is 11.8 Å². The van der Waals surface area contributed by atoms with Crippen LogP contribution in [0, 0.1) is 5.92 Å². The monoisotopic (exact) mass is 752 g/mol. The first kappa shape index (κ1) is 38.4. The molecule has 2 aromatic rings. The Kier molecular flexibility index (Phi) is 11.8. The lowest BCUT2D eigenvalue weighted by Gasteiger charge is -2.33. The summed E-state index contributed by atoms with van der Waals surface area (Å²) in [7, 11) is 0. The molecule has 7 rings (SSSR count). The van der Waals surface area contributed by atoms with Crippen LogP contribution in [0.1, 0.15) is 88.3 Å². The van der Waals surface area contributed by atoms with Crippen molar-refractivity contribution in [3.8, 4) is 0 Å². The Hall–Kier alpha value is -4.85. The fourth-order valence-corrected chi connectivity index (χ4v) is 8.02. The molecule has 13 nitrogen and oxygen atoms in total. The van der Waals surface area contributed by atoms with Crippen LogP contribution in [0.4, 0.5) is 4.79 Å². The molecular formula is C42H52N6O7. The lowest BCUT2D eigenvalue weighted by Crippen LogP contribution is -2.47. The van der Waals surface area contributed by atoms with Gasteiger partial charge in [0, 0.05) is 13.0 Å². The second-order valence-corrected chi connectivity index (χ2v) is 15.4. The quantitative estimate of drug-likeness (QED) is 0.285. The number of hydrogen-bond donors (Lipinski definition) is 3. The average molecular weight is 753 g/mol. The summed E-state index contributed by atoms with van der Waals surface area (Å²) in [5.74, 6) is -0.824. The molecule has 1 aromatic carbocycles. The lowest BCUT2D eigenvalue weighted by atomic mass is 9.86. The Morgan fingerprint density at radius 2 is 1.67 bits per heavy atom. The first-order chi connectivity index (χ1) is 26.6. The van der Waals surface area contributed by atoms with Crippen LogP contribution >= 0.6 is 0 Å². The molecule has 0 radical (unpaired) electrons. The number of hydrogen-bond acceptors (Lipinski definition) is 9. The number of rotatable bonds is 11. The number of imidazole rings is 1. The highest BCUT2D eigenvalue weighted by Gasteiger charge is 2.52. The van der Waals surface area contributed by atoms with Crippen LogP contribution in [-0.2, 0) is 35.2 Å². The number of nitrogens with one attached hydrogen (secondary N) is 2. The van der Waals surface area contributed by atoms with E-state index in [-0.39, 0.29) is 49.8 Å². The molecule has 55 heavy (non-hydrogen) atoms. The van der Waals surface area contributed by atoms with Crippen LogP contribution in [0.5, 0.6) is 0 Å². The molecule has 3 amide bonds. The summed E-state index contributed by atoms with van der Waals surface area (Å²) in [6.07, 6.45) is 15.0. The molecule has 13 heteroatoms. The molecule has 1 spiro atoms. The first-order valence-corrected chi connectivity index (χ1v) is 19.6. The van der Waals surface area contributed by atoms with Crippen LogP contribution in [-0.4, -0.2) is 94.2 Å². The topological polar surface area (TPSA) is 169 Å². The molecule has 5 aliphatic rings. The SMILES string of the molecule is CC(C)C(N)C(=O)N1CCCC1c1ncc(C2=CC=C(C3=CC=C(C(=O)CNC(=O)C4CC5(CN4C(=O)OCc4ccccc4)OCCCO5)CC3)CC2)[nH]1. The smallest absolute Gasteiger partial charge is 0.410 e. The molecule has 3 atom stereocenters. The fourth-order valence-electron chi connectivity index (χ4n) is 8.02. The second kappa shape index (κ2) is 16.9. The normalized spacial score (nSPS) is 22.8. The zero-order chi connectivity index (χ0) is 38.5. The van der Waals surface area contributed by atoms with Gasteiger partial charge in [0.15, 0.2) is 11.6 Å². The molecular weight excluding hydrogens is 700 g/mol. The maximum atomic E-state index is 13.5. The Morgan fingerprint density at radius 1 is 0.964 bits per heavy atom. The fraction of sp³-hybridized carbons (Fsp3) is 0.500. The largest absolute Gasteiger partial charge is 0.445 e. The van der Waals surface area contributed by atoms with Gasteiger partial charge in [0.05, 0.1) is 50.3 Å². The van der Waals surface area contributed by atoms with Gasteiger partial charge in [-0.15, -0.1) is 0 Å². The highest BCUT2D eigenvalue weighted by atomic mass is 16.7. The van der Waals surface area contributed by atoms with E-state index in [9.17, 15) is 19.2 Å². The predicted molar refractivity (Wildman–Crippen MR) is 205 cm³/mol. The highest BCUT2D eigenvalue weighted by Crippen LogP contribution is 2.37. The van der Waals surface area contributed by atoms with Crippen LogP contribution in [0.2, 0.25) is 0 Å². The standard InChI is InChI=1S/C42H52N6O7/c1-27(2)37(43)40(51)47-19-6-10-34(47)38-44-23-33(46-38)31-15-11-29(12-16-31)30-13-17-32(18-14-30)36(49)24-45-39(50)35-22-42(54-20-7-21-55-42)26-48(35)41(52)53-25-28-8-4-3-5-9-28/h3-5,8-9,11,13,15,17,23,27,34-35,37H,6-7,10,12,14,16,18-22,24-26,43H2,1-2H3,(H,44,46)(H,45,50). The van der Waals surface area contributed by atoms with Crippen molar-refractivity contribution in [3.63, 3.8) is 0 Å². The lowest BCUT2D eigenvalue weighted by molar-refractivity contribution is -0.257. The van der Waals surface area contributed by atoms with Gasteiger partial charge in [0.1, 0.15) is 18.5 Å². The van der Waals surface area contributed by atoms with E-state index in [4.69, 9.17) is 19.9 Å². The van der Waals surface area contributed by atoms with Crippen molar-refractivity contribution in [1.82, 2.24) is 25.1 Å². The molecule has 2 aliphatic carbocycles. The summed E-state index contributed by atoms with van der Waals surface area (Å²) in [5, 5.41) is 2.77. The maximum Gasteiger partial charge on any atom is 0.410 e. The van der Waals surface area contributed by atoms with E-state index in [1.807, 2.05) is 67.4 Å². The molecule has 3 fully saturated rings. The van der Waals surface area contributed by atoms with Crippen molar-refractivity contribution < 1.29 is 33.4 Å². The van der Waals surface area contributed by atoms with Crippen LogP contribution in [0.3, 0.4) is 0 Å². The van der Waals surface area contributed by atoms with Crippen LogP contribution < -0.4 is 11.1 Å². The van der Waals surface area contributed by atoms with E-state index in [2.05, 4.69) is 27.4 Å². The summed E-state index contributed by atoms with van der Waals surface area (Å²) in [4.78, 5) is 64.4. The number of benzene rings is 1. The Morgan fingerprint density at radius 3 is 2.36 bits per heavy atom. The predicted octanol–water partition coefficient (Wildman–Crippen LogP) is 5.04. The van der Waals surface area contributed by atoms with Gasteiger partial charge in [-0.2, -0.15) is 0 Å². The number of aromatic amines is 1. The van der Waals surface area contributed by atoms with E-state index >= 15 is 0 Å². The number of likely N-dealkylation sites (tertiary alicyclic amines) is 2. The summed E-state index contributed by atoms with van der Waals surface area (Å²) in [5.41, 5.74) is 12.2. The zero-order valence-corrected chi connectivity index (χ0v) is 31.8. The van der Waals surface area contributed by atoms with Gasteiger partial charge in [0.25, 0.3) is 0 Å². The third kappa shape index (κ3) is 8.69. The van der Waals surface area contributed by atoms with E-state index in [0.717, 1.165) is 61.2 Å². The van der Waals surface area contributed by atoms with Gasteiger partial charge in [-0.05, 0) is 78.7 Å². The Bertz CT molecular complexity index is 1890. The van der Waals surface area contributed by atoms with Gasteiger partial charge in [-0.25, -0.2) is 9.78 Å². The number of nitrogens with two attached hydrogens (primary N) is 1. The minimum absolute atomic E-state index is 0.0166. The van der Waals surface area contributed by atoms with Crippen LogP contribution in [0.25, 0.3) is 5.57 Å². The van der Waals surface area contributed by atoms with Gasteiger partial charge in [-0.3, -0.25) is 19.3 Å². The number of carbonyl (C=O) groups excluding carboxylic acids is 4. The number of carbonyl (C=O) groups is 4. The van der Waals surface area contributed by atoms with E-state index in [1.165, 1.54) is 16.0 Å². The molecule has 3 saturated heterocycles. The van der Waals surface area contributed by atoms with Gasteiger partial charge < -0.3 is 35.1 Å². The van der Waals surface area contributed by atoms with E-state index in [0.29, 0.717) is 31.8 Å². The third-order valence-corrected chi connectivity index (χ3v) is 11.3. The molecule has 292 valence electrons. The number of Topliss-reactive ketones (excluding diaryl/α,β-unsaturated/α-hetero) is 1. The van der Waals surface area contributed by atoms with E-state index < -0.39 is 29.9 Å². The molecule has 4 heterocycles. The molecule has 3 unspecified atom stereocenters. The number of allylic oxidation sites excluding steroid dienone is 7. The van der Waals surface area contributed by atoms with Gasteiger partial charge in [-0.1, -0.05) is 68.5 Å². The third-order valence-electron chi connectivity index (χ3n) is 11.3. The first-order valence-electron chi connectivity index (χ1n) is 19.6. The number of ether oxygens (including phenoxy) is 3. The summed E-state index contributed by atoms with van der Waals surface area (Å²) >= 11 is 0. The highest BCUT2D eigenvalue weighted by molar-refractivity contribution is 6.00. The second-order valence-electron chi connectivity index (χ2n) is 15.4. The number of amides is 3. The molecule has 4 N–H and O–H groups in total. The molecule has 3 aliphatic heterocycles. The van der Waals surface area contributed by atoms with Crippen molar-refractivity contribution in [3.05, 3.63) is 94.6 Å². The number of nitrogens with zero attached hydrogens (tertiary/aromatic N) is 3. The average Bonchev–Trinajstić information content (AvgIpc) is 3.99. The number of H-pyrrole nitrogens is 1. The summed E-state index contributed by atoms with van der Waals surface area (Å²) in [6, 6.07) is 7.83. The molecule has 0 bridgehead atoms. The van der Waals surface area contributed by atoms with Crippen molar-refractivity contribution in [2.75, 3.05) is 32.8 Å². The summed E-state index contributed by atoms with van der Waals surface area (Å²) < 4.78 is 17.4. The molecule has 0 saturated carbocycles. The van der Waals surface area contributed by atoms with E-state index in [1.54, 1.807) is 0 Å². The molecule has 1 aromatic heterocycles. The Balaban J connectivity index is 0.939. The van der Waals surface area contributed by atoms with Crippen molar-refractivity contribution in [1.29, 1.82) is 0 Å².